The van der Waals surface area contributed by atoms with Crippen molar-refractivity contribution in [2.75, 3.05) is 0 Å². The summed E-state index contributed by atoms with van der Waals surface area (Å²) in [4.78, 5) is 24.8. The fraction of sp³-hybridized carbons (Fsp3) is 0.278. The molecule has 1 amide bonds. The number of nitro groups is 1. The summed E-state index contributed by atoms with van der Waals surface area (Å²) >= 11 is 0. The highest BCUT2D eigenvalue weighted by molar-refractivity contribution is 5.94. The van der Waals surface area contributed by atoms with Gasteiger partial charge in [-0.1, -0.05) is 24.3 Å². The molecule has 0 aliphatic heterocycles. The summed E-state index contributed by atoms with van der Waals surface area (Å²) in [5.41, 5.74) is 8.04. The first-order valence-electron chi connectivity index (χ1n) is 7.75. The molecule has 6 nitrogen and oxygen atoms in total. The molecule has 2 aromatic carbocycles. The van der Waals surface area contributed by atoms with Crippen LogP contribution in [0.3, 0.4) is 0 Å². The predicted molar refractivity (Wildman–Crippen MR) is 92.4 cm³/mol. The van der Waals surface area contributed by atoms with Crippen LogP contribution < -0.4 is 5.73 Å². The Balaban J connectivity index is 2.18. The van der Waals surface area contributed by atoms with Crippen LogP contribution in [0.5, 0.6) is 0 Å². The molecule has 0 saturated carbocycles. The van der Waals surface area contributed by atoms with Gasteiger partial charge in [-0.05, 0) is 37.1 Å². The maximum atomic E-state index is 12.8. The van der Waals surface area contributed by atoms with Crippen LogP contribution in [0.25, 0.3) is 0 Å². The Morgan fingerprint density at radius 1 is 1.08 bits per heavy atom. The van der Waals surface area contributed by atoms with Crippen molar-refractivity contribution in [3.8, 4) is 0 Å². The fourth-order valence-corrected chi connectivity index (χ4v) is 2.36. The van der Waals surface area contributed by atoms with Gasteiger partial charge in [0.15, 0.2) is 0 Å². The lowest BCUT2D eigenvalue weighted by atomic mass is 10.1. The SMILES string of the molecule is CC(C)N(Cc1ccc([N+](=O)[O-])cc1)C(=O)c1ccc(CN)cc1. The number of non-ortho nitro benzene ring substituents is 1. The first-order valence-corrected chi connectivity index (χ1v) is 7.75. The molecule has 0 heterocycles. The zero-order valence-corrected chi connectivity index (χ0v) is 13.8. The Morgan fingerprint density at radius 3 is 2.08 bits per heavy atom. The summed E-state index contributed by atoms with van der Waals surface area (Å²) in [6.07, 6.45) is 0. The van der Waals surface area contributed by atoms with E-state index >= 15 is 0 Å². The van der Waals surface area contributed by atoms with Crippen molar-refractivity contribution in [2.24, 2.45) is 5.73 Å². The third-order valence-corrected chi connectivity index (χ3v) is 3.82. The van der Waals surface area contributed by atoms with Gasteiger partial charge in [0, 0.05) is 36.8 Å². The molecule has 2 rings (SSSR count). The number of benzene rings is 2. The molecule has 0 bridgehead atoms. The Morgan fingerprint density at radius 2 is 1.62 bits per heavy atom. The van der Waals surface area contributed by atoms with E-state index in [1.165, 1.54) is 12.1 Å². The number of hydrogen-bond donors (Lipinski definition) is 1. The smallest absolute Gasteiger partial charge is 0.269 e. The number of amides is 1. The molecule has 0 saturated heterocycles. The third kappa shape index (κ3) is 4.17. The molecule has 0 radical (unpaired) electrons. The lowest BCUT2D eigenvalue weighted by Gasteiger charge is -2.27. The van der Waals surface area contributed by atoms with Crippen molar-refractivity contribution < 1.29 is 9.72 Å². The van der Waals surface area contributed by atoms with E-state index < -0.39 is 4.92 Å². The second kappa shape index (κ2) is 7.70. The van der Waals surface area contributed by atoms with Crippen molar-refractivity contribution in [1.82, 2.24) is 4.90 Å². The largest absolute Gasteiger partial charge is 0.332 e. The molecule has 0 atom stereocenters. The van der Waals surface area contributed by atoms with Crippen molar-refractivity contribution in [3.63, 3.8) is 0 Å². The average Bonchev–Trinajstić information content (AvgIpc) is 2.59. The highest BCUT2D eigenvalue weighted by atomic mass is 16.6. The molecule has 2 N–H and O–H groups in total. The van der Waals surface area contributed by atoms with Crippen LogP contribution in [0.1, 0.15) is 35.3 Å². The van der Waals surface area contributed by atoms with Crippen molar-refractivity contribution in [3.05, 3.63) is 75.3 Å². The second-order valence-electron chi connectivity index (χ2n) is 5.85. The zero-order valence-electron chi connectivity index (χ0n) is 13.8. The van der Waals surface area contributed by atoms with Crippen LogP contribution in [0.2, 0.25) is 0 Å². The first-order chi connectivity index (χ1) is 11.4. The van der Waals surface area contributed by atoms with E-state index in [4.69, 9.17) is 5.73 Å². The van der Waals surface area contributed by atoms with E-state index in [1.54, 1.807) is 29.2 Å². The standard InChI is InChI=1S/C18H21N3O3/c1-13(2)20(12-15-5-9-17(10-6-15)21(23)24)18(22)16-7-3-14(11-19)4-8-16/h3-10,13H,11-12,19H2,1-2H3. The van der Waals surface area contributed by atoms with Gasteiger partial charge in [-0.15, -0.1) is 0 Å². The summed E-state index contributed by atoms with van der Waals surface area (Å²) in [6, 6.07) is 13.5. The zero-order chi connectivity index (χ0) is 17.7. The van der Waals surface area contributed by atoms with Gasteiger partial charge in [-0.25, -0.2) is 0 Å². The van der Waals surface area contributed by atoms with Gasteiger partial charge >= 0.3 is 0 Å². The Labute approximate surface area is 141 Å². The van der Waals surface area contributed by atoms with Crippen LogP contribution >= 0.6 is 0 Å². The van der Waals surface area contributed by atoms with Crippen LogP contribution in [-0.2, 0) is 13.1 Å². The quantitative estimate of drug-likeness (QED) is 0.652. The summed E-state index contributed by atoms with van der Waals surface area (Å²) in [6.45, 7) is 4.72. The molecule has 0 aliphatic carbocycles. The first kappa shape index (κ1) is 17.6. The average molecular weight is 327 g/mol. The number of carbonyl (C=O) groups is 1. The molecule has 2 aromatic rings. The molecule has 0 aliphatic rings. The number of nitro benzene ring substituents is 1. The van der Waals surface area contributed by atoms with Gasteiger partial charge in [0.25, 0.3) is 11.6 Å². The Kier molecular flexibility index (Phi) is 5.65. The van der Waals surface area contributed by atoms with E-state index in [9.17, 15) is 14.9 Å². The summed E-state index contributed by atoms with van der Waals surface area (Å²) in [5.74, 6) is -0.0769. The van der Waals surface area contributed by atoms with Crippen molar-refractivity contribution in [1.29, 1.82) is 0 Å². The van der Waals surface area contributed by atoms with Crippen LogP contribution in [0.15, 0.2) is 48.5 Å². The minimum absolute atomic E-state index is 0.00174. The van der Waals surface area contributed by atoms with Gasteiger partial charge in [0.05, 0.1) is 4.92 Å². The van der Waals surface area contributed by atoms with Crippen LogP contribution in [0, 0.1) is 10.1 Å². The van der Waals surface area contributed by atoms with Crippen LogP contribution in [0.4, 0.5) is 5.69 Å². The van der Waals surface area contributed by atoms with Crippen molar-refractivity contribution >= 4 is 11.6 Å². The lowest BCUT2D eigenvalue weighted by Crippen LogP contribution is -2.36. The fourth-order valence-electron chi connectivity index (χ4n) is 2.36. The molecule has 126 valence electrons. The molecule has 0 fully saturated rings. The van der Waals surface area contributed by atoms with E-state index in [2.05, 4.69) is 0 Å². The van der Waals surface area contributed by atoms with Gasteiger partial charge < -0.3 is 10.6 Å². The van der Waals surface area contributed by atoms with Gasteiger partial charge in [0.1, 0.15) is 0 Å². The van der Waals surface area contributed by atoms with Gasteiger partial charge in [0.2, 0.25) is 0 Å². The molecular weight excluding hydrogens is 306 g/mol. The molecule has 0 unspecified atom stereocenters. The molecule has 0 aromatic heterocycles. The highest BCUT2D eigenvalue weighted by Gasteiger charge is 2.19. The minimum atomic E-state index is -0.436. The number of rotatable bonds is 6. The lowest BCUT2D eigenvalue weighted by molar-refractivity contribution is -0.384. The highest BCUT2D eigenvalue weighted by Crippen LogP contribution is 2.17. The third-order valence-electron chi connectivity index (χ3n) is 3.82. The van der Waals surface area contributed by atoms with Crippen molar-refractivity contribution in [2.45, 2.75) is 33.0 Å². The number of nitrogens with two attached hydrogens (primary N) is 1. The topological polar surface area (TPSA) is 89.5 Å². The van der Waals surface area contributed by atoms with E-state index in [0.717, 1.165) is 11.1 Å². The van der Waals surface area contributed by atoms with E-state index in [-0.39, 0.29) is 17.6 Å². The Bertz CT molecular complexity index is 709. The molecular formula is C18H21N3O3. The number of nitrogens with zero attached hydrogens (tertiary/aromatic N) is 2. The summed E-state index contributed by atoms with van der Waals surface area (Å²) in [7, 11) is 0. The van der Waals surface area contributed by atoms with Crippen LogP contribution in [-0.4, -0.2) is 21.8 Å². The maximum absolute atomic E-state index is 12.8. The number of hydrogen-bond acceptors (Lipinski definition) is 4. The second-order valence-corrected chi connectivity index (χ2v) is 5.85. The van der Waals surface area contributed by atoms with Gasteiger partial charge in [-0.2, -0.15) is 0 Å². The van der Waals surface area contributed by atoms with E-state index in [1.807, 2.05) is 26.0 Å². The number of carbonyl (C=O) groups excluding carboxylic acids is 1. The monoisotopic (exact) mass is 327 g/mol. The minimum Gasteiger partial charge on any atom is -0.332 e. The molecule has 6 heteroatoms. The predicted octanol–water partition coefficient (Wildman–Crippen LogP) is 3.10. The Hall–Kier alpha value is -2.73. The molecule has 24 heavy (non-hydrogen) atoms. The maximum Gasteiger partial charge on any atom is 0.269 e. The molecule has 0 spiro atoms. The summed E-state index contributed by atoms with van der Waals surface area (Å²) < 4.78 is 0. The normalized spacial score (nSPS) is 10.7. The summed E-state index contributed by atoms with van der Waals surface area (Å²) in [5, 5.41) is 10.7. The van der Waals surface area contributed by atoms with E-state index in [0.29, 0.717) is 18.7 Å². The van der Waals surface area contributed by atoms with Gasteiger partial charge in [-0.3, -0.25) is 14.9 Å².